The number of aryl methyl sites for hydroxylation is 2. The van der Waals surface area contributed by atoms with E-state index in [9.17, 15) is 9.59 Å². The molecule has 0 saturated carbocycles. The average Bonchev–Trinajstić information content (AvgIpc) is 3.05. The number of halogens is 1. The van der Waals surface area contributed by atoms with E-state index in [4.69, 9.17) is 21.1 Å². The van der Waals surface area contributed by atoms with E-state index in [0.717, 1.165) is 21.6 Å². The summed E-state index contributed by atoms with van der Waals surface area (Å²) in [6, 6.07) is 14.8. The van der Waals surface area contributed by atoms with Crippen LogP contribution in [0.25, 0.3) is 11.1 Å². The monoisotopic (exact) mass is 443 g/mol. The van der Waals surface area contributed by atoms with Gasteiger partial charge in [0.15, 0.2) is 6.61 Å². The van der Waals surface area contributed by atoms with Crippen LogP contribution in [0.15, 0.2) is 48.5 Å². The molecule has 5 nitrogen and oxygen atoms in total. The number of carbonyl (C=O) groups is 2. The van der Waals surface area contributed by atoms with Gasteiger partial charge < -0.3 is 14.8 Å². The van der Waals surface area contributed by atoms with Crippen molar-refractivity contribution >= 4 is 39.8 Å². The molecule has 0 aliphatic carbocycles. The van der Waals surface area contributed by atoms with Gasteiger partial charge >= 0.3 is 5.97 Å². The van der Waals surface area contributed by atoms with Crippen LogP contribution in [0.4, 0.5) is 5.00 Å². The number of amides is 1. The molecule has 1 N–H and O–H groups in total. The number of carbonyl (C=O) groups excluding carboxylic acids is 2. The molecule has 3 aromatic rings. The van der Waals surface area contributed by atoms with E-state index in [1.54, 1.807) is 25.1 Å². The maximum absolute atomic E-state index is 12.7. The first-order valence-corrected chi connectivity index (χ1v) is 10.6. The molecule has 0 radical (unpaired) electrons. The summed E-state index contributed by atoms with van der Waals surface area (Å²) in [5.74, 6) is -0.288. The normalized spacial score (nSPS) is 10.5. The fraction of sp³-hybridized carbons (Fsp3) is 0.217. The lowest BCUT2D eigenvalue weighted by atomic mass is 10.0. The zero-order valence-corrected chi connectivity index (χ0v) is 18.5. The molecule has 7 heteroatoms. The van der Waals surface area contributed by atoms with Crippen molar-refractivity contribution in [2.24, 2.45) is 0 Å². The zero-order valence-electron chi connectivity index (χ0n) is 17.0. The summed E-state index contributed by atoms with van der Waals surface area (Å²) in [6.45, 7) is 5.58. The molecule has 3 rings (SSSR count). The van der Waals surface area contributed by atoms with Crippen molar-refractivity contribution in [3.63, 3.8) is 0 Å². The highest BCUT2D eigenvalue weighted by Crippen LogP contribution is 2.40. The Morgan fingerprint density at radius 3 is 2.50 bits per heavy atom. The smallest absolute Gasteiger partial charge is 0.341 e. The van der Waals surface area contributed by atoms with E-state index in [1.807, 2.05) is 44.2 Å². The molecular formula is C23H22ClNO4S. The fourth-order valence-electron chi connectivity index (χ4n) is 3.00. The molecule has 0 fully saturated rings. The number of hydrogen-bond donors (Lipinski definition) is 1. The lowest BCUT2D eigenvalue weighted by molar-refractivity contribution is -0.118. The minimum Gasteiger partial charge on any atom is -0.484 e. The third-order valence-electron chi connectivity index (χ3n) is 4.38. The van der Waals surface area contributed by atoms with Crippen LogP contribution in [-0.2, 0) is 9.53 Å². The van der Waals surface area contributed by atoms with Gasteiger partial charge in [0.25, 0.3) is 5.91 Å². The first kappa shape index (κ1) is 21.9. The summed E-state index contributed by atoms with van der Waals surface area (Å²) in [5, 5.41) is 3.89. The second-order valence-electron chi connectivity index (χ2n) is 6.57. The quantitative estimate of drug-likeness (QED) is 0.463. The largest absolute Gasteiger partial charge is 0.484 e. The molecule has 0 saturated heterocycles. The predicted molar refractivity (Wildman–Crippen MR) is 121 cm³/mol. The van der Waals surface area contributed by atoms with Crippen molar-refractivity contribution in [2.75, 3.05) is 18.5 Å². The Hall–Kier alpha value is -2.83. The van der Waals surface area contributed by atoms with Crippen LogP contribution in [0.2, 0.25) is 5.02 Å². The highest BCUT2D eigenvalue weighted by atomic mass is 35.5. The van der Waals surface area contributed by atoms with Crippen molar-refractivity contribution in [1.29, 1.82) is 0 Å². The first-order valence-electron chi connectivity index (χ1n) is 9.45. The molecule has 0 atom stereocenters. The first-order chi connectivity index (χ1) is 14.4. The van der Waals surface area contributed by atoms with Crippen molar-refractivity contribution in [3.8, 4) is 16.9 Å². The molecule has 2 aromatic carbocycles. The van der Waals surface area contributed by atoms with E-state index in [2.05, 4.69) is 5.32 Å². The lowest BCUT2D eigenvalue weighted by Crippen LogP contribution is -2.21. The van der Waals surface area contributed by atoms with Crippen molar-refractivity contribution < 1.29 is 19.1 Å². The molecule has 30 heavy (non-hydrogen) atoms. The molecule has 156 valence electrons. The van der Waals surface area contributed by atoms with Gasteiger partial charge in [-0.25, -0.2) is 4.79 Å². The number of esters is 1. The summed E-state index contributed by atoms with van der Waals surface area (Å²) < 4.78 is 10.8. The Balaban J connectivity index is 1.83. The third-order valence-corrected chi connectivity index (χ3v) is 5.82. The second kappa shape index (κ2) is 9.78. The van der Waals surface area contributed by atoms with Gasteiger partial charge in [0.1, 0.15) is 16.3 Å². The van der Waals surface area contributed by atoms with Crippen molar-refractivity contribution in [3.05, 3.63) is 69.6 Å². The topological polar surface area (TPSA) is 64.6 Å². The van der Waals surface area contributed by atoms with Gasteiger partial charge in [-0.2, -0.15) is 0 Å². The van der Waals surface area contributed by atoms with E-state index >= 15 is 0 Å². The molecule has 0 bridgehead atoms. The maximum atomic E-state index is 12.7. The van der Waals surface area contributed by atoms with Crippen LogP contribution in [-0.4, -0.2) is 25.1 Å². The standard InChI is InChI=1S/C23H22ClNO4S/c1-4-28-23(27)21-20(16-8-6-5-7-9-16)15(3)30-22(21)25-19(26)13-29-17-10-11-18(24)14(2)12-17/h5-12H,4,13H2,1-3H3,(H,25,26). The molecule has 0 aliphatic heterocycles. The van der Waals surface area contributed by atoms with E-state index in [0.29, 0.717) is 21.3 Å². The van der Waals surface area contributed by atoms with Crippen LogP contribution in [0.1, 0.15) is 27.7 Å². The Morgan fingerprint density at radius 2 is 1.83 bits per heavy atom. The van der Waals surface area contributed by atoms with Gasteiger partial charge in [0, 0.05) is 15.5 Å². The lowest BCUT2D eigenvalue weighted by Gasteiger charge is -2.10. The fourth-order valence-corrected chi connectivity index (χ4v) is 4.20. The summed E-state index contributed by atoms with van der Waals surface area (Å²) in [7, 11) is 0. The SMILES string of the molecule is CCOC(=O)c1c(NC(=O)COc2ccc(Cl)c(C)c2)sc(C)c1-c1ccccc1. The second-order valence-corrected chi connectivity index (χ2v) is 8.20. The zero-order chi connectivity index (χ0) is 21.7. The van der Waals surface area contributed by atoms with Crippen molar-refractivity contribution in [2.45, 2.75) is 20.8 Å². The summed E-state index contributed by atoms with van der Waals surface area (Å²) in [6.07, 6.45) is 0. The third kappa shape index (κ3) is 5.01. The summed E-state index contributed by atoms with van der Waals surface area (Å²) in [5.41, 5.74) is 2.88. The number of benzene rings is 2. The van der Waals surface area contributed by atoms with Crippen molar-refractivity contribution in [1.82, 2.24) is 0 Å². The Labute approximate surface area is 184 Å². The van der Waals surface area contributed by atoms with Gasteiger partial charge in [0.2, 0.25) is 0 Å². The van der Waals surface area contributed by atoms with E-state index in [-0.39, 0.29) is 19.1 Å². The van der Waals surface area contributed by atoms with E-state index in [1.165, 1.54) is 11.3 Å². The van der Waals surface area contributed by atoms with E-state index < -0.39 is 5.97 Å². The Bertz CT molecular complexity index is 1060. The molecule has 1 heterocycles. The van der Waals surface area contributed by atoms with Gasteiger partial charge in [0.05, 0.1) is 6.61 Å². The number of rotatable bonds is 7. The molecule has 1 aromatic heterocycles. The molecule has 0 spiro atoms. The summed E-state index contributed by atoms with van der Waals surface area (Å²) in [4.78, 5) is 26.1. The Morgan fingerprint density at radius 1 is 1.10 bits per heavy atom. The van der Waals surface area contributed by atoms with Gasteiger partial charge in [-0.1, -0.05) is 41.9 Å². The van der Waals surface area contributed by atoms with Crippen LogP contribution in [0.5, 0.6) is 5.75 Å². The highest BCUT2D eigenvalue weighted by Gasteiger charge is 2.25. The predicted octanol–water partition coefficient (Wildman–Crippen LogP) is 5.88. The number of hydrogen-bond acceptors (Lipinski definition) is 5. The maximum Gasteiger partial charge on any atom is 0.341 e. The molecular weight excluding hydrogens is 422 g/mol. The van der Waals surface area contributed by atoms with Crippen LogP contribution in [0, 0.1) is 13.8 Å². The molecule has 0 aliphatic rings. The average molecular weight is 444 g/mol. The minimum atomic E-state index is -0.467. The Kier molecular flexibility index (Phi) is 7.13. The number of thiophene rings is 1. The number of ether oxygens (including phenoxy) is 2. The summed E-state index contributed by atoms with van der Waals surface area (Å²) >= 11 is 7.35. The molecule has 0 unspecified atom stereocenters. The number of anilines is 1. The van der Waals surface area contributed by atoms with Crippen LogP contribution >= 0.6 is 22.9 Å². The molecule has 1 amide bonds. The van der Waals surface area contributed by atoms with Crippen LogP contribution < -0.4 is 10.1 Å². The van der Waals surface area contributed by atoms with Gasteiger partial charge in [-0.05, 0) is 50.1 Å². The minimum absolute atomic E-state index is 0.193. The van der Waals surface area contributed by atoms with Gasteiger partial charge in [-0.3, -0.25) is 4.79 Å². The highest BCUT2D eigenvalue weighted by molar-refractivity contribution is 7.17. The van der Waals surface area contributed by atoms with Crippen LogP contribution in [0.3, 0.4) is 0 Å². The number of nitrogens with one attached hydrogen (secondary N) is 1. The van der Waals surface area contributed by atoms with Gasteiger partial charge in [-0.15, -0.1) is 11.3 Å².